The molecule has 208 valence electrons. The monoisotopic (exact) mass is 610 g/mol. The molecule has 3 aromatic rings. The number of hydrogen-bond donors (Lipinski definition) is 2. The first-order chi connectivity index (χ1) is 19.5. The number of allylic oxidation sites excluding steroid dienone is 5. The van der Waals surface area contributed by atoms with Gasteiger partial charge in [-0.05, 0) is 62.0 Å². The summed E-state index contributed by atoms with van der Waals surface area (Å²) < 4.78 is 0. The number of carboxylic acid groups (broad SMARTS) is 2. The van der Waals surface area contributed by atoms with Crippen molar-refractivity contribution >= 4 is 62.4 Å². The first-order valence-corrected chi connectivity index (χ1v) is 13.3. The zero-order chi connectivity index (χ0) is 29.6. The molecule has 0 aromatic carbocycles. The zero-order valence-electron chi connectivity index (χ0n) is 24.2. The van der Waals surface area contributed by atoms with Crippen molar-refractivity contribution in [2.24, 2.45) is 0 Å². The summed E-state index contributed by atoms with van der Waals surface area (Å²) >= 11 is 0. The van der Waals surface area contributed by atoms with Gasteiger partial charge >= 0.3 is 31.4 Å². The molecule has 2 aliphatic heterocycles. The molecular formula is C33H30N4O4Zn. The Morgan fingerprint density at radius 1 is 0.762 bits per heavy atom. The molecule has 0 unspecified atom stereocenters. The molecule has 0 saturated carbocycles. The quantitative estimate of drug-likeness (QED) is 0.295. The van der Waals surface area contributed by atoms with Crippen LogP contribution >= 0.6 is 0 Å². The number of nitrogens with zero attached hydrogens (tertiary/aromatic N) is 4. The molecule has 0 fully saturated rings. The predicted octanol–water partition coefficient (Wildman–Crippen LogP) is 6.37. The molecule has 2 aliphatic rings. The van der Waals surface area contributed by atoms with Crippen LogP contribution in [0.5, 0.6) is 0 Å². The van der Waals surface area contributed by atoms with Crippen LogP contribution < -0.4 is 9.97 Å². The van der Waals surface area contributed by atoms with Crippen LogP contribution in [-0.2, 0) is 35.5 Å². The minimum absolute atomic E-state index is 0. The normalized spacial score (nSPS) is 12.8. The van der Waals surface area contributed by atoms with E-state index in [4.69, 9.17) is 19.9 Å². The second-order valence-electron chi connectivity index (χ2n) is 10.3. The van der Waals surface area contributed by atoms with E-state index >= 15 is 0 Å². The van der Waals surface area contributed by atoms with Crippen LogP contribution in [0.15, 0.2) is 43.5 Å². The summed E-state index contributed by atoms with van der Waals surface area (Å²) in [5.41, 5.74) is 11.8. The predicted molar refractivity (Wildman–Crippen MR) is 162 cm³/mol. The van der Waals surface area contributed by atoms with Crippen LogP contribution in [0, 0.1) is 13.8 Å². The minimum atomic E-state index is -0.974. The molecule has 5 heterocycles. The molecule has 3 aromatic heterocycles. The van der Waals surface area contributed by atoms with Gasteiger partial charge in [-0.3, -0.25) is 9.59 Å². The fourth-order valence-electron chi connectivity index (χ4n) is 5.44. The van der Waals surface area contributed by atoms with E-state index in [0.717, 1.165) is 50.2 Å². The second kappa shape index (κ2) is 11.9. The van der Waals surface area contributed by atoms with Gasteiger partial charge in [0, 0.05) is 12.0 Å². The van der Waals surface area contributed by atoms with E-state index in [1.165, 1.54) is 0 Å². The molecule has 0 atom stereocenters. The van der Waals surface area contributed by atoms with Gasteiger partial charge in [0.25, 0.3) is 0 Å². The Hall–Kier alpha value is -4.36. The van der Waals surface area contributed by atoms with Crippen LogP contribution in [0.3, 0.4) is 0 Å². The van der Waals surface area contributed by atoms with Crippen molar-refractivity contribution in [1.82, 2.24) is 19.9 Å². The zero-order valence-corrected chi connectivity index (χ0v) is 27.2. The Bertz CT molecular complexity index is 1910. The third-order valence-corrected chi connectivity index (χ3v) is 7.80. The summed E-state index contributed by atoms with van der Waals surface area (Å²) in [6.07, 6.45) is 3.53. The maximum atomic E-state index is 11.8. The van der Waals surface area contributed by atoms with Crippen LogP contribution in [0.25, 0.3) is 50.4 Å². The third-order valence-electron chi connectivity index (χ3n) is 7.80. The van der Waals surface area contributed by atoms with Crippen molar-refractivity contribution in [3.63, 3.8) is 0 Å². The largest absolute Gasteiger partial charge is 2.00 e. The van der Waals surface area contributed by atoms with Crippen LogP contribution in [0.2, 0.25) is 0 Å². The Morgan fingerprint density at radius 2 is 1.33 bits per heavy atom. The summed E-state index contributed by atoms with van der Waals surface area (Å²) in [5.74, 6) is -1.89. The number of carboxylic acids is 2. The molecular weight excluding hydrogens is 582 g/mol. The molecule has 8 nitrogen and oxygen atoms in total. The maximum absolute atomic E-state index is 11.8. The van der Waals surface area contributed by atoms with Gasteiger partial charge in [-0.2, -0.15) is 0 Å². The van der Waals surface area contributed by atoms with E-state index in [0.29, 0.717) is 39.2 Å². The first-order valence-electron chi connectivity index (χ1n) is 13.3. The van der Waals surface area contributed by atoms with E-state index in [-0.39, 0.29) is 38.7 Å². The SMILES string of the molecule is C=CC1=C(C)c2cc3[n-]c(cc4nc(cc5[n-]c(cc1n2)c(C)c5C=C)C(C)=C4CCC(=O)O)c(CC(=O)O)c3C.[Zn+2]. The topological polar surface area (TPSA) is 129 Å². The molecule has 0 saturated heterocycles. The van der Waals surface area contributed by atoms with E-state index in [2.05, 4.69) is 13.2 Å². The van der Waals surface area contributed by atoms with E-state index < -0.39 is 11.9 Å². The smallest absolute Gasteiger partial charge is 0.657 e. The first kappa shape index (κ1) is 30.6. The van der Waals surface area contributed by atoms with Gasteiger partial charge in [-0.15, -0.1) is 22.1 Å². The van der Waals surface area contributed by atoms with Gasteiger partial charge in [0.2, 0.25) is 0 Å². The number of fused-ring (bicyclic) bond motifs is 8. The molecule has 42 heavy (non-hydrogen) atoms. The fraction of sp³-hybridized carbons (Fsp3) is 0.212. The fourth-order valence-corrected chi connectivity index (χ4v) is 5.44. The molecule has 8 bridgehead atoms. The van der Waals surface area contributed by atoms with Crippen molar-refractivity contribution in [3.05, 3.63) is 88.5 Å². The van der Waals surface area contributed by atoms with Gasteiger partial charge < -0.3 is 20.2 Å². The van der Waals surface area contributed by atoms with Gasteiger partial charge in [0.05, 0.1) is 29.2 Å². The van der Waals surface area contributed by atoms with Crippen molar-refractivity contribution in [2.45, 2.75) is 47.0 Å². The van der Waals surface area contributed by atoms with E-state index in [9.17, 15) is 19.8 Å². The number of aromatic nitrogens is 4. The molecule has 0 radical (unpaired) electrons. The van der Waals surface area contributed by atoms with Crippen LogP contribution in [0.4, 0.5) is 0 Å². The van der Waals surface area contributed by atoms with E-state index in [1.807, 2.05) is 45.9 Å². The number of aryl methyl sites for hydroxylation is 2. The van der Waals surface area contributed by atoms with Crippen molar-refractivity contribution in [2.75, 3.05) is 0 Å². The second-order valence-corrected chi connectivity index (χ2v) is 10.3. The van der Waals surface area contributed by atoms with E-state index in [1.54, 1.807) is 18.2 Å². The average Bonchev–Trinajstić information content (AvgIpc) is 3.57. The maximum Gasteiger partial charge on any atom is 2.00 e. The summed E-state index contributed by atoms with van der Waals surface area (Å²) in [7, 11) is 0. The van der Waals surface area contributed by atoms with Gasteiger partial charge in [0.15, 0.2) is 0 Å². The summed E-state index contributed by atoms with van der Waals surface area (Å²) in [4.78, 5) is 42.8. The average molecular weight is 612 g/mol. The number of aliphatic carboxylic acids is 2. The summed E-state index contributed by atoms with van der Waals surface area (Å²) in [6.45, 7) is 15.7. The Kier molecular flexibility index (Phi) is 8.64. The molecule has 2 N–H and O–H groups in total. The van der Waals surface area contributed by atoms with Crippen molar-refractivity contribution in [3.8, 4) is 0 Å². The van der Waals surface area contributed by atoms with Gasteiger partial charge in [0.1, 0.15) is 0 Å². The number of rotatable bonds is 7. The molecule has 9 heteroatoms. The van der Waals surface area contributed by atoms with Crippen molar-refractivity contribution < 1.29 is 39.3 Å². The standard InChI is InChI=1S/C33H32N4O4.Zn/c1-7-20-16(3)24-12-25-19(6)23(11-33(40)41)31(37-25)15-30-22(9-10-32(38)39)18(5)27(36-30)14-29-21(8-2)17(4)26(35-29)13-28(20)34-24;/h7-8,12-15H,1-2,9-11H2,3-6H3,(H4,34,35,36,37,38,39,40,41);/q;+2/p-2. The Balaban J connectivity index is 0.00000405. The Labute approximate surface area is 256 Å². The summed E-state index contributed by atoms with van der Waals surface area (Å²) in [5, 5.41) is 19.1. The van der Waals surface area contributed by atoms with Crippen LogP contribution in [-0.4, -0.2) is 32.1 Å². The minimum Gasteiger partial charge on any atom is -0.657 e. The summed E-state index contributed by atoms with van der Waals surface area (Å²) in [6, 6.07) is 7.44. The molecule has 0 aliphatic carbocycles. The number of hydrogen-bond acceptors (Lipinski definition) is 4. The molecule has 0 spiro atoms. The van der Waals surface area contributed by atoms with Crippen LogP contribution in [0.1, 0.15) is 71.7 Å². The Morgan fingerprint density at radius 3 is 1.98 bits per heavy atom. The number of carbonyl (C=O) groups is 2. The van der Waals surface area contributed by atoms with Gasteiger partial charge in [-0.1, -0.05) is 60.7 Å². The van der Waals surface area contributed by atoms with Crippen molar-refractivity contribution in [1.29, 1.82) is 0 Å². The third kappa shape index (κ3) is 5.44. The van der Waals surface area contributed by atoms with Gasteiger partial charge in [-0.25, -0.2) is 9.97 Å². The molecule has 5 rings (SSSR count). The molecule has 0 amide bonds.